The van der Waals surface area contributed by atoms with E-state index in [0.717, 1.165) is 26.1 Å². The fraction of sp³-hybridized carbons (Fsp3) is 0.500. The minimum atomic E-state index is -0.430. The number of ether oxygens (including phenoxy) is 1. The van der Waals surface area contributed by atoms with Crippen molar-refractivity contribution < 1.29 is 14.3 Å². The summed E-state index contributed by atoms with van der Waals surface area (Å²) in [6, 6.07) is 4.94. The van der Waals surface area contributed by atoms with Crippen LogP contribution in [0.5, 0.6) is 0 Å². The van der Waals surface area contributed by atoms with Crippen LogP contribution in [0.1, 0.15) is 24.5 Å². The smallest absolute Gasteiger partial charge is 0.173 e. The summed E-state index contributed by atoms with van der Waals surface area (Å²) in [6.07, 6.45) is 1.08. The molecule has 1 fully saturated rings. The number of hydrogen-bond acceptors (Lipinski definition) is 4. The van der Waals surface area contributed by atoms with E-state index in [9.17, 15) is 4.39 Å². The van der Waals surface area contributed by atoms with E-state index in [1.807, 2.05) is 6.92 Å². The Balaban J connectivity index is 2.16. The van der Waals surface area contributed by atoms with E-state index in [4.69, 9.17) is 15.7 Å². The standard InChI is InChI=1S/C14H20FN3O2/c1-10-8-18(6-3-7-20-10)9-11-4-2-5-12(13(11)15)14(16)17-19/h2,4-5,10,19H,3,6-9H2,1H3,(H2,16,17). The molecule has 1 aliphatic rings. The zero-order valence-corrected chi connectivity index (χ0v) is 11.6. The Bertz CT molecular complexity index is 493. The Hall–Kier alpha value is -1.66. The minimum Gasteiger partial charge on any atom is -0.409 e. The Morgan fingerprint density at radius 1 is 1.60 bits per heavy atom. The summed E-state index contributed by atoms with van der Waals surface area (Å²) < 4.78 is 19.9. The third-order valence-corrected chi connectivity index (χ3v) is 3.39. The molecular formula is C14H20FN3O2. The van der Waals surface area contributed by atoms with Crippen LogP contribution in [-0.2, 0) is 11.3 Å². The zero-order valence-electron chi connectivity index (χ0n) is 11.6. The molecule has 1 atom stereocenters. The lowest BCUT2D eigenvalue weighted by Crippen LogP contribution is -2.30. The first-order chi connectivity index (χ1) is 9.61. The van der Waals surface area contributed by atoms with Crippen LogP contribution in [0.25, 0.3) is 0 Å². The molecule has 0 aliphatic carbocycles. The predicted octanol–water partition coefficient (Wildman–Crippen LogP) is 1.53. The molecule has 3 N–H and O–H groups in total. The number of halogens is 1. The lowest BCUT2D eigenvalue weighted by Gasteiger charge is -2.22. The Kier molecular flexibility index (Phi) is 4.92. The molecule has 0 saturated carbocycles. The number of amidine groups is 1. The highest BCUT2D eigenvalue weighted by molar-refractivity contribution is 5.97. The first-order valence-corrected chi connectivity index (χ1v) is 6.71. The molecule has 1 aliphatic heterocycles. The minimum absolute atomic E-state index is 0.129. The monoisotopic (exact) mass is 281 g/mol. The van der Waals surface area contributed by atoms with Crippen LogP contribution in [-0.4, -0.2) is 41.7 Å². The summed E-state index contributed by atoms with van der Waals surface area (Å²) >= 11 is 0. The summed E-state index contributed by atoms with van der Waals surface area (Å²) in [6.45, 7) is 4.89. The number of nitrogens with two attached hydrogens (primary N) is 1. The highest BCUT2D eigenvalue weighted by Gasteiger charge is 2.18. The maximum Gasteiger partial charge on any atom is 0.173 e. The number of benzene rings is 1. The maximum absolute atomic E-state index is 14.3. The molecule has 20 heavy (non-hydrogen) atoms. The topological polar surface area (TPSA) is 71.1 Å². The lowest BCUT2D eigenvalue weighted by molar-refractivity contribution is 0.0666. The van der Waals surface area contributed by atoms with Gasteiger partial charge in [0.2, 0.25) is 0 Å². The first-order valence-electron chi connectivity index (χ1n) is 6.71. The van der Waals surface area contributed by atoms with Crippen molar-refractivity contribution in [3.05, 3.63) is 35.1 Å². The maximum atomic E-state index is 14.3. The van der Waals surface area contributed by atoms with Gasteiger partial charge in [0.1, 0.15) is 5.82 Å². The van der Waals surface area contributed by atoms with Crippen LogP contribution in [0.4, 0.5) is 4.39 Å². The van der Waals surface area contributed by atoms with Crippen LogP contribution in [0.2, 0.25) is 0 Å². The molecule has 0 amide bonds. The van der Waals surface area contributed by atoms with Crippen LogP contribution in [0, 0.1) is 5.82 Å². The van der Waals surface area contributed by atoms with Crippen molar-refractivity contribution in [2.45, 2.75) is 26.0 Å². The van der Waals surface area contributed by atoms with E-state index in [0.29, 0.717) is 12.1 Å². The third kappa shape index (κ3) is 3.46. The van der Waals surface area contributed by atoms with Gasteiger partial charge in [-0.3, -0.25) is 4.90 Å². The van der Waals surface area contributed by atoms with Gasteiger partial charge in [0.05, 0.1) is 11.7 Å². The Labute approximate surface area is 117 Å². The SMILES string of the molecule is CC1CN(Cc2cccc(/C(N)=N/O)c2F)CCCO1. The van der Waals surface area contributed by atoms with Gasteiger partial charge in [-0.05, 0) is 19.4 Å². The van der Waals surface area contributed by atoms with Crippen LogP contribution >= 0.6 is 0 Å². The second-order valence-electron chi connectivity index (χ2n) is 5.03. The van der Waals surface area contributed by atoms with Crippen molar-refractivity contribution in [3.8, 4) is 0 Å². The predicted molar refractivity (Wildman–Crippen MR) is 74.2 cm³/mol. The molecule has 1 saturated heterocycles. The van der Waals surface area contributed by atoms with E-state index in [1.54, 1.807) is 12.1 Å². The van der Waals surface area contributed by atoms with Crippen molar-refractivity contribution in [3.63, 3.8) is 0 Å². The van der Waals surface area contributed by atoms with Gasteiger partial charge in [0.15, 0.2) is 5.84 Å². The summed E-state index contributed by atoms with van der Waals surface area (Å²) in [5.74, 6) is -0.641. The highest BCUT2D eigenvalue weighted by atomic mass is 19.1. The number of oxime groups is 1. The van der Waals surface area contributed by atoms with E-state index >= 15 is 0 Å². The number of rotatable bonds is 3. The summed E-state index contributed by atoms with van der Waals surface area (Å²) in [5, 5.41) is 11.5. The van der Waals surface area contributed by atoms with E-state index < -0.39 is 5.82 Å². The number of nitrogens with zero attached hydrogens (tertiary/aromatic N) is 2. The number of hydrogen-bond donors (Lipinski definition) is 2. The molecule has 0 bridgehead atoms. The molecule has 0 radical (unpaired) electrons. The molecule has 1 aromatic carbocycles. The van der Waals surface area contributed by atoms with Gasteiger partial charge in [-0.25, -0.2) is 4.39 Å². The van der Waals surface area contributed by atoms with Gasteiger partial charge in [-0.1, -0.05) is 17.3 Å². The summed E-state index contributed by atoms with van der Waals surface area (Å²) in [4.78, 5) is 2.16. The molecule has 1 unspecified atom stereocenters. The lowest BCUT2D eigenvalue weighted by atomic mass is 10.1. The van der Waals surface area contributed by atoms with Crippen molar-refractivity contribution in [2.75, 3.05) is 19.7 Å². The largest absolute Gasteiger partial charge is 0.409 e. The third-order valence-electron chi connectivity index (χ3n) is 3.39. The van der Waals surface area contributed by atoms with Crippen molar-refractivity contribution >= 4 is 5.84 Å². The fourth-order valence-electron chi connectivity index (χ4n) is 2.42. The molecule has 6 heteroatoms. The van der Waals surface area contributed by atoms with E-state index in [2.05, 4.69) is 10.1 Å². The first kappa shape index (κ1) is 14.7. The quantitative estimate of drug-likeness (QED) is 0.381. The molecule has 1 aromatic rings. The second-order valence-corrected chi connectivity index (χ2v) is 5.03. The molecule has 1 heterocycles. The van der Waals surface area contributed by atoms with E-state index in [1.165, 1.54) is 6.07 Å². The van der Waals surface area contributed by atoms with Crippen LogP contribution in [0.3, 0.4) is 0 Å². The summed E-state index contributed by atoms with van der Waals surface area (Å²) in [5.41, 5.74) is 6.14. The average molecular weight is 281 g/mol. The van der Waals surface area contributed by atoms with Crippen molar-refractivity contribution in [1.82, 2.24) is 4.90 Å². The average Bonchev–Trinajstić information content (AvgIpc) is 2.64. The van der Waals surface area contributed by atoms with Gasteiger partial charge in [0.25, 0.3) is 0 Å². The van der Waals surface area contributed by atoms with E-state index in [-0.39, 0.29) is 17.5 Å². The van der Waals surface area contributed by atoms with Gasteiger partial charge >= 0.3 is 0 Å². The van der Waals surface area contributed by atoms with Gasteiger partial charge in [0, 0.05) is 31.8 Å². The van der Waals surface area contributed by atoms with Crippen molar-refractivity contribution in [1.29, 1.82) is 0 Å². The molecule has 5 nitrogen and oxygen atoms in total. The summed E-state index contributed by atoms with van der Waals surface area (Å²) in [7, 11) is 0. The van der Waals surface area contributed by atoms with Gasteiger partial charge < -0.3 is 15.7 Å². The van der Waals surface area contributed by atoms with Crippen LogP contribution < -0.4 is 5.73 Å². The molecule has 2 rings (SSSR count). The van der Waals surface area contributed by atoms with Crippen molar-refractivity contribution in [2.24, 2.45) is 10.9 Å². The fourth-order valence-corrected chi connectivity index (χ4v) is 2.42. The molecule has 110 valence electrons. The second kappa shape index (κ2) is 6.67. The molecule has 0 spiro atoms. The van der Waals surface area contributed by atoms with Crippen LogP contribution in [0.15, 0.2) is 23.4 Å². The Morgan fingerprint density at radius 2 is 2.40 bits per heavy atom. The Morgan fingerprint density at radius 3 is 3.15 bits per heavy atom. The molecule has 0 aromatic heterocycles. The van der Waals surface area contributed by atoms with Gasteiger partial charge in [-0.15, -0.1) is 0 Å². The van der Waals surface area contributed by atoms with Gasteiger partial charge in [-0.2, -0.15) is 0 Å². The highest BCUT2D eigenvalue weighted by Crippen LogP contribution is 2.17. The zero-order chi connectivity index (χ0) is 14.5. The molecular weight excluding hydrogens is 261 g/mol. The normalized spacial score (nSPS) is 21.7.